The summed E-state index contributed by atoms with van der Waals surface area (Å²) < 4.78 is 15.5. The Morgan fingerprint density at radius 3 is 2.92 bits per heavy atom. The fourth-order valence-corrected chi connectivity index (χ4v) is 3.22. The maximum absolute atomic E-state index is 13.6. The number of hydrogen-bond acceptors (Lipinski definition) is 5. The van der Waals surface area contributed by atoms with Crippen molar-refractivity contribution in [2.75, 3.05) is 33.2 Å². The van der Waals surface area contributed by atoms with Crippen molar-refractivity contribution in [3.63, 3.8) is 0 Å². The van der Waals surface area contributed by atoms with Crippen LogP contribution in [0.4, 0.5) is 4.39 Å². The minimum Gasteiger partial charge on any atom is -0.332 e. The highest BCUT2D eigenvalue weighted by atomic mass is 19.1. The van der Waals surface area contributed by atoms with Crippen molar-refractivity contribution in [2.45, 2.75) is 19.5 Å². The van der Waals surface area contributed by atoms with Crippen molar-refractivity contribution in [3.8, 4) is 0 Å². The Morgan fingerprint density at radius 1 is 1.42 bits per heavy atom. The number of halogens is 1. The van der Waals surface area contributed by atoms with E-state index >= 15 is 0 Å². The minimum absolute atomic E-state index is 0.0298. The summed E-state index contributed by atoms with van der Waals surface area (Å²) in [6.07, 6.45) is 0. The average Bonchev–Trinajstić information content (AvgIpc) is 2.93. The van der Waals surface area contributed by atoms with Gasteiger partial charge in [-0.25, -0.2) is 4.39 Å². The van der Waals surface area contributed by atoms with Crippen LogP contribution < -0.4 is 5.32 Å². The molecule has 1 fully saturated rings. The minimum atomic E-state index is -0.282. The molecule has 1 aliphatic rings. The number of nitrogens with zero attached hydrogens (tertiary/aromatic N) is 5. The first-order valence-corrected chi connectivity index (χ1v) is 8.74. The van der Waals surface area contributed by atoms with Crippen LogP contribution in [0.5, 0.6) is 0 Å². The van der Waals surface area contributed by atoms with E-state index in [4.69, 9.17) is 0 Å². The first kappa shape index (κ1) is 18.5. The summed E-state index contributed by atoms with van der Waals surface area (Å²) in [7, 11) is 3.80. The summed E-state index contributed by atoms with van der Waals surface area (Å²) in [5.41, 5.74) is 0.817. The van der Waals surface area contributed by atoms with Gasteiger partial charge in [-0.3, -0.25) is 9.69 Å². The van der Waals surface area contributed by atoms with E-state index in [9.17, 15) is 9.18 Å². The monoisotopic (exact) mass is 360 g/mol. The highest BCUT2D eigenvalue weighted by Gasteiger charge is 2.28. The Balaban J connectivity index is 1.67. The smallest absolute Gasteiger partial charge is 0.237 e. The Morgan fingerprint density at radius 2 is 2.23 bits per heavy atom. The normalized spacial score (nSPS) is 17.7. The number of likely N-dealkylation sites (N-methyl/N-ethyl adjacent to an activating group) is 1. The van der Waals surface area contributed by atoms with Crippen molar-refractivity contribution < 1.29 is 9.18 Å². The maximum Gasteiger partial charge on any atom is 0.237 e. The molecule has 1 atom stereocenters. The topological polar surface area (TPSA) is 66.3 Å². The lowest BCUT2D eigenvalue weighted by molar-refractivity contribution is -0.135. The van der Waals surface area contributed by atoms with Crippen LogP contribution in [0.25, 0.3) is 0 Å². The molecule has 8 heteroatoms. The second-order valence-corrected chi connectivity index (χ2v) is 6.76. The van der Waals surface area contributed by atoms with Gasteiger partial charge in [0.05, 0.1) is 19.1 Å². The number of piperazine rings is 1. The van der Waals surface area contributed by atoms with Crippen LogP contribution in [0.2, 0.25) is 0 Å². The molecule has 0 saturated carbocycles. The van der Waals surface area contributed by atoms with Crippen LogP contribution in [0.3, 0.4) is 0 Å². The molecule has 26 heavy (non-hydrogen) atoms. The van der Waals surface area contributed by atoms with Gasteiger partial charge in [0.25, 0.3) is 0 Å². The van der Waals surface area contributed by atoms with Crippen molar-refractivity contribution >= 4 is 5.91 Å². The lowest BCUT2D eigenvalue weighted by atomic mass is 10.0. The molecular formula is C18H25FN6O. The van der Waals surface area contributed by atoms with Gasteiger partial charge in [0, 0.05) is 26.7 Å². The predicted octanol–water partition coefficient (Wildman–Crippen LogP) is 0.868. The Bertz CT molecular complexity index is 777. The molecule has 140 valence electrons. The van der Waals surface area contributed by atoms with Gasteiger partial charge in [-0.1, -0.05) is 12.1 Å². The standard InChI is InChI=1S/C18H25FN6O/c1-13-21-22-17(24(13)3)11-23(2)12-18(26)25-8-7-20-10-16(25)14-5-4-6-15(19)9-14/h4-6,9,16,20H,7-8,10-12H2,1-3H3. The van der Waals surface area contributed by atoms with Crippen LogP contribution in [-0.4, -0.2) is 63.7 Å². The van der Waals surface area contributed by atoms with Crippen LogP contribution in [0, 0.1) is 12.7 Å². The molecule has 1 amide bonds. The first-order chi connectivity index (χ1) is 12.5. The van der Waals surface area contributed by atoms with Gasteiger partial charge in [0.2, 0.25) is 5.91 Å². The van der Waals surface area contributed by atoms with Gasteiger partial charge in [0.15, 0.2) is 0 Å². The molecule has 1 N–H and O–H groups in total. The molecule has 2 heterocycles. The number of amides is 1. The first-order valence-electron chi connectivity index (χ1n) is 8.74. The summed E-state index contributed by atoms with van der Waals surface area (Å²) >= 11 is 0. The molecule has 7 nitrogen and oxygen atoms in total. The number of carbonyl (C=O) groups is 1. The lowest BCUT2D eigenvalue weighted by Crippen LogP contribution is -2.51. The van der Waals surface area contributed by atoms with Gasteiger partial charge in [0.1, 0.15) is 17.5 Å². The Labute approximate surface area is 152 Å². The maximum atomic E-state index is 13.6. The van der Waals surface area contributed by atoms with E-state index in [1.165, 1.54) is 12.1 Å². The fourth-order valence-electron chi connectivity index (χ4n) is 3.22. The van der Waals surface area contributed by atoms with E-state index in [1.54, 1.807) is 6.07 Å². The third-order valence-electron chi connectivity index (χ3n) is 4.80. The molecule has 0 aliphatic carbocycles. The van der Waals surface area contributed by atoms with Crippen LogP contribution in [0.1, 0.15) is 23.3 Å². The van der Waals surface area contributed by atoms with Crippen LogP contribution in [-0.2, 0) is 18.4 Å². The molecule has 2 aromatic rings. The zero-order valence-electron chi connectivity index (χ0n) is 15.4. The van der Waals surface area contributed by atoms with Crippen molar-refractivity contribution in [3.05, 3.63) is 47.3 Å². The summed E-state index contributed by atoms with van der Waals surface area (Å²) in [6.45, 7) is 4.69. The third kappa shape index (κ3) is 4.08. The molecule has 1 saturated heterocycles. The highest BCUT2D eigenvalue weighted by Crippen LogP contribution is 2.23. The number of rotatable bonds is 5. The summed E-state index contributed by atoms with van der Waals surface area (Å²) in [4.78, 5) is 16.6. The third-order valence-corrected chi connectivity index (χ3v) is 4.80. The molecule has 3 rings (SSSR count). The van der Waals surface area contributed by atoms with Gasteiger partial charge < -0.3 is 14.8 Å². The van der Waals surface area contributed by atoms with E-state index in [0.29, 0.717) is 19.6 Å². The van der Waals surface area contributed by atoms with Gasteiger partial charge in [-0.15, -0.1) is 10.2 Å². The molecule has 1 aromatic carbocycles. The number of hydrogen-bond donors (Lipinski definition) is 1. The second kappa shape index (κ2) is 7.92. The molecule has 1 aliphatic heterocycles. The highest BCUT2D eigenvalue weighted by molar-refractivity contribution is 5.79. The molecule has 1 unspecified atom stereocenters. The van der Waals surface area contributed by atoms with Crippen LogP contribution >= 0.6 is 0 Å². The molecule has 0 bridgehead atoms. The zero-order chi connectivity index (χ0) is 18.7. The van der Waals surface area contributed by atoms with Gasteiger partial charge in [-0.05, 0) is 31.7 Å². The number of aryl methyl sites for hydroxylation is 1. The van der Waals surface area contributed by atoms with Gasteiger partial charge in [-0.2, -0.15) is 0 Å². The van der Waals surface area contributed by atoms with E-state index in [2.05, 4.69) is 15.5 Å². The van der Waals surface area contributed by atoms with Crippen molar-refractivity contribution in [1.82, 2.24) is 29.9 Å². The molecule has 0 spiro atoms. The predicted molar refractivity (Wildman–Crippen MR) is 95.8 cm³/mol. The SMILES string of the molecule is Cc1nnc(CN(C)CC(=O)N2CCNCC2c2cccc(F)c2)n1C. The fraction of sp³-hybridized carbons (Fsp3) is 0.500. The number of benzene rings is 1. The molecular weight excluding hydrogens is 335 g/mol. The molecule has 0 radical (unpaired) electrons. The largest absolute Gasteiger partial charge is 0.332 e. The number of carbonyl (C=O) groups excluding carboxylic acids is 1. The van der Waals surface area contributed by atoms with E-state index in [1.807, 2.05) is 41.5 Å². The van der Waals surface area contributed by atoms with Crippen molar-refractivity contribution in [2.24, 2.45) is 7.05 Å². The summed E-state index contributed by atoms with van der Waals surface area (Å²) in [5, 5.41) is 11.5. The quantitative estimate of drug-likeness (QED) is 0.857. The average molecular weight is 360 g/mol. The summed E-state index contributed by atoms with van der Waals surface area (Å²) in [5.74, 6) is 1.41. The summed E-state index contributed by atoms with van der Waals surface area (Å²) in [6, 6.07) is 6.32. The van der Waals surface area contributed by atoms with Crippen LogP contribution in [0.15, 0.2) is 24.3 Å². The van der Waals surface area contributed by atoms with Gasteiger partial charge >= 0.3 is 0 Å². The van der Waals surface area contributed by atoms with Crippen molar-refractivity contribution in [1.29, 1.82) is 0 Å². The lowest BCUT2D eigenvalue weighted by Gasteiger charge is -2.37. The molecule has 1 aromatic heterocycles. The van der Waals surface area contributed by atoms with E-state index in [-0.39, 0.29) is 24.3 Å². The van der Waals surface area contributed by atoms with E-state index in [0.717, 1.165) is 23.8 Å². The van der Waals surface area contributed by atoms with E-state index < -0.39 is 0 Å². The Hall–Kier alpha value is -2.32. The number of nitrogens with one attached hydrogen (secondary N) is 1. The Kier molecular flexibility index (Phi) is 5.63. The zero-order valence-corrected chi connectivity index (χ0v) is 15.4. The second-order valence-electron chi connectivity index (χ2n) is 6.76. The number of aromatic nitrogens is 3.